The monoisotopic (exact) mass is 420 g/mol. The lowest BCUT2D eigenvalue weighted by molar-refractivity contribution is -0.123. The van der Waals surface area contributed by atoms with Crippen LogP contribution in [-0.4, -0.2) is 67.4 Å². The van der Waals surface area contributed by atoms with Gasteiger partial charge in [0.2, 0.25) is 11.8 Å². The number of likely N-dealkylation sites (tertiary alicyclic amines) is 2. The lowest BCUT2D eigenvalue weighted by Gasteiger charge is -2.33. The van der Waals surface area contributed by atoms with Crippen LogP contribution in [0.15, 0.2) is 24.3 Å². The minimum absolute atomic E-state index is 0.00685. The van der Waals surface area contributed by atoms with Gasteiger partial charge in [0.05, 0.1) is 12.6 Å². The Morgan fingerprint density at radius 2 is 1.90 bits per heavy atom. The Bertz CT molecular complexity index is 693. The van der Waals surface area contributed by atoms with E-state index in [1.165, 1.54) is 12.8 Å². The van der Waals surface area contributed by atoms with Gasteiger partial charge in [-0.05, 0) is 62.9 Å². The third-order valence-electron chi connectivity index (χ3n) is 5.95. The highest BCUT2D eigenvalue weighted by Crippen LogP contribution is 2.29. The van der Waals surface area contributed by atoms with Crippen LogP contribution in [0.3, 0.4) is 0 Å². The van der Waals surface area contributed by atoms with Gasteiger partial charge >= 0.3 is 0 Å². The van der Waals surface area contributed by atoms with E-state index < -0.39 is 0 Å². The van der Waals surface area contributed by atoms with Crippen LogP contribution in [0.4, 0.5) is 0 Å². The standard InChI is InChI=1S/C22H33ClN4O2/c1-17(28)24-13-18-7-6-10-26(15-18)16-22(29)25-14-21(27-11-4-5-12-27)19-8-2-3-9-20(19)23/h2-3,8-9,18,21H,4-7,10-16H2,1H3,(H,24,28)(H,25,29). The first kappa shape index (κ1) is 22.1. The topological polar surface area (TPSA) is 64.7 Å². The molecule has 2 aliphatic rings. The number of rotatable bonds is 8. The van der Waals surface area contributed by atoms with Crippen molar-refractivity contribution in [1.29, 1.82) is 0 Å². The summed E-state index contributed by atoms with van der Waals surface area (Å²) in [7, 11) is 0. The van der Waals surface area contributed by atoms with Gasteiger partial charge in [-0.3, -0.25) is 19.4 Å². The van der Waals surface area contributed by atoms with E-state index in [2.05, 4.69) is 26.5 Å². The lowest BCUT2D eigenvalue weighted by atomic mass is 9.98. The second-order valence-electron chi connectivity index (χ2n) is 8.26. The lowest BCUT2D eigenvalue weighted by Crippen LogP contribution is -2.46. The number of nitrogens with zero attached hydrogens (tertiary/aromatic N) is 2. The highest BCUT2D eigenvalue weighted by atomic mass is 35.5. The van der Waals surface area contributed by atoms with E-state index in [-0.39, 0.29) is 17.9 Å². The van der Waals surface area contributed by atoms with Gasteiger partial charge in [0.15, 0.2) is 0 Å². The van der Waals surface area contributed by atoms with Crippen molar-refractivity contribution in [3.63, 3.8) is 0 Å². The summed E-state index contributed by atoms with van der Waals surface area (Å²) in [6.45, 7) is 7.10. The Morgan fingerprint density at radius 3 is 2.62 bits per heavy atom. The van der Waals surface area contributed by atoms with Crippen LogP contribution in [0.25, 0.3) is 0 Å². The largest absolute Gasteiger partial charge is 0.356 e. The first-order valence-electron chi connectivity index (χ1n) is 10.7. The van der Waals surface area contributed by atoms with Gasteiger partial charge in [-0.2, -0.15) is 0 Å². The first-order chi connectivity index (χ1) is 14.0. The summed E-state index contributed by atoms with van der Waals surface area (Å²) in [5.41, 5.74) is 1.09. The third-order valence-corrected chi connectivity index (χ3v) is 6.29. The molecule has 2 N–H and O–H groups in total. The molecule has 2 saturated heterocycles. The van der Waals surface area contributed by atoms with Gasteiger partial charge in [0.1, 0.15) is 0 Å². The Balaban J connectivity index is 1.52. The summed E-state index contributed by atoms with van der Waals surface area (Å²) >= 11 is 6.46. The molecule has 7 heteroatoms. The molecule has 2 amide bonds. The number of carbonyl (C=O) groups is 2. The number of amides is 2. The van der Waals surface area contributed by atoms with Crippen molar-refractivity contribution < 1.29 is 9.59 Å². The van der Waals surface area contributed by atoms with Crippen LogP contribution in [0.1, 0.15) is 44.2 Å². The van der Waals surface area contributed by atoms with Crippen LogP contribution in [0.2, 0.25) is 5.02 Å². The molecule has 0 saturated carbocycles. The smallest absolute Gasteiger partial charge is 0.234 e. The Morgan fingerprint density at radius 1 is 1.14 bits per heavy atom. The molecule has 0 aliphatic carbocycles. The summed E-state index contributed by atoms with van der Waals surface area (Å²) in [5.74, 6) is 0.481. The fraction of sp³-hybridized carbons (Fsp3) is 0.636. The summed E-state index contributed by atoms with van der Waals surface area (Å²) in [6, 6.07) is 8.05. The highest BCUT2D eigenvalue weighted by Gasteiger charge is 2.26. The first-order valence-corrected chi connectivity index (χ1v) is 11.1. The average Bonchev–Trinajstić information content (AvgIpc) is 3.23. The second kappa shape index (κ2) is 11.0. The van der Waals surface area contributed by atoms with Crippen LogP contribution in [-0.2, 0) is 9.59 Å². The van der Waals surface area contributed by atoms with Crippen molar-refractivity contribution in [1.82, 2.24) is 20.4 Å². The average molecular weight is 421 g/mol. The van der Waals surface area contributed by atoms with Crippen LogP contribution >= 0.6 is 11.6 Å². The quantitative estimate of drug-likeness (QED) is 0.678. The molecule has 2 atom stereocenters. The molecular weight excluding hydrogens is 388 g/mol. The summed E-state index contributed by atoms with van der Waals surface area (Å²) < 4.78 is 0. The van der Waals surface area contributed by atoms with E-state index in [0.29, 0.717) is 25.6 Å². The molecule has 2 unspecified atom stereocenters. The SMILES string of the molecule is CC(=O)NCC1CCCN(CC(=O)NCC(c2ccccc2Cl)N2CCCC2)C1. The molecule has 0 spiro atoms. The van der Waals surface area contributed by atoms with Gasteiger partial charge in [-0.25, -0.2) is 0 Å². The molecular formula is C22H33ClN4O2. The predicted molar refractivity (Wildman–Crippen MR) is 116 cm³/mol. The van der Waals surface area contributed by atoms with Crippen LogP contribution < -0.4 is 10.6 Å². The van der Waals surface area contributed by atoms with E-state index >= 15 is 0 Å². The van der Waals surface area contributed by atoms with E-state index in [1.54, 1.807) is 6.92 Å². The Labute approximate surface area is 179 Å². The zero-order valence-corrected chi connectivity index (χ0v) is 18.1. The summed E-state index contributed by atoms with van der Waals surface area (Å²) in [4.78, 5) is 28.4. The molecule has 2 fully saturated rings. The van der Waals surface area contributed by atoms with Crippen molar-refractivity contribution in [2.24, 2.45) is 5.92 Å². The zero-order chi connectivity index (χ0) is 20.6. The highest BCUT2D eigenvalue weighted by molar-refractivity contribution is 6.31. The van der Waals surface area contributed by atoms with Crippen LogP contribution in [0, 0.1) is 5.92 Å². The number of halogens is 1. The van der Waals surface area contributed by atoms with Crippen molar-refractivity contribution in [2.45, 2.75) is 38.6 Å². The van der Waals surface area contributed by atoms with Gasteiger partial charge in [0.25, 0.3) is 0 Å². The number of hydrogen-bond acceptors (Lipinski definition) is 4. The molecule has 0 aromatic heterocycles. The number of piperidine rings is 1. The molecule has 1 aromatic carbocycles. The maximum Gasteiger partial charge on any atom is 0.234 e. The minimum Gasteiger partial charge on any atom is -0.356 e. The predicted octanol–water partition coefficient (Wildman–Crippen LogP) is 2.44. The summed E-state index contributed by atoms with van der Waals surface area (Å²) in [5, 5.41) is 6.81. The molecule has 2 heterocycles. The maximum atomic E-state index is 12.6. The van der Waals surface area contributed by atoms with Gasteiger partial charge in [0, 0.05) is 31.6 Å². The molecule has 2 aliphatic heterocycles. The molecule has 29 heavy (non-hydrogen) atoms. The van der Waals surface area contributed by atoms with E-state index in [0.717, 1.165) is 49.6 Å². The molecule has 0 radical (unpaired) electrons. The minimum atomic E-state index is 0.00685. The Kier molecular flexibility index (Phi) is 8.33. The van der Waals surface area contributed by atoms with Gasteiger partial charge in [-0.1, -0.05) is 29.8 Å². The van der Waals surface area contributed by atoms with E-state index in [1.807, 2.05) is 18.2 Å². The van der Waals surface area contributed by atoms with Crippen molar-refractivity contribution in [3.8, 4) is 0 Å². The molecule has 160 valence electrons. The van der Waals surface area contributed by atoms with E-state index in [4.69, 9.17) is 11.6 Å². The third kappa shape index (κ3) is 6.69. The van der Waals surface area contributed by atoms with Gasteiger partial charge < -0.3 is 10.6 Å². The van der Waals surface area contributed by atoms with Gasteiger partial charge in [-0.15, -0.1) is 0 Å². The fourth-order valence-electron chi connectivity index (χ4n) is 4.45. The van der Waals surface area contributed by atoms with Crippen molar-refractivity contribution in [2.75, 3.05) is 45.8 Å². The number of hydrogen-bond donors (Lipinski definition) is 2. The summed E-state index contributed by atoms with van der Waals surface area (Å²) in [6.07, 6.45) is 4.55. The van der Waals surface area contributed by atoms with Crippen LogP contribution in [0.5, 0.6) is 0 Å². The molecule has 6 nitrogen and oxygen atoms in total. The van der Waals surface area contributed by atoms with Crippen molar-refractivity contribution in [3.05, 3.63) is 34.9 Å². The molecule has 3 rings (SSSR count). The fourth-order valence-corrected chi connectivity index (χ4v) is 4.72. The number of nitrogens with one attached hydrogen (secondary N) is 2. The molecule has 1 aromatic rings. The Hall–Kier alpha value is -1.63. The molecule has 0 bridgehead atoms. The number of carbonyl (C=O) groups excluding carboxylic acids is 2. The second-order valence-corrected chi connectivity index (χ2v) is 8.67. The van der Waals surface area contributed by atoms with E-state index in [9.17, 15) is 9.59 Å². The zero-order valence-electron chi connectivity index (χ0n) is 17.3. The van der Waals surface area contributed by atoms with Crippen molar-refractivity contribution >= 4 is 23.4 Å². The maximum absolute atomic E-state index is 12.6. The normalized spacial score (nSPS) is 21.7. The number of benzene rings is 1.